The molecule has 3 nitrogen and oxygen atoms in total. The molecule has 0 bridgehead atoms. The van der Waals surface area contributed by atoms with E-state index in [-0.39, 0.29) is 5.92 Å². The van der Waals surface area contributed by atoms with Gasteiger partial charge in [0.15, 0.2) is 0 Å². The van der Waals surface area contributed by atoms with Gasteiger partial charge in [-0.2, -0.15) is 0 Å². The molecule has 2 heterocycles. The minimum atomic E-state index is 0.271. The van der Waals surface area contributed by atoms with Crippen LogP contribution in [-0.2, 0) is 0 Å². The van der Waals surface area contributed by atoms with Gasteiger partial charge < -0.3 is 10.7 Å². The highest BCUT2D eigenvalue weighted by Gasteiger charge is 2.10. The van der Waals surface area contributed by atoms with Gasteiger partial charge >= 0.3 is 0 Å². The SMILES string of the molecule is CC(CN)c1ncc(-c2cc3ccccc3s2)[nH]1. The predicted molar refractivity (Wildman–Crippen MR) is 76.9 cm³/mol. The van der Waals surface area contributed by atoms with Gasteiger partial charge in [0.2, 0.25) is 0 Å². The Morgan fingerprint density at radius 2 is 2.22 bits per heavy atom. The Morgan fingerprint density at radius 3 is 3.00 bits per heavy atom. The Labute approximate surface area is 110 Å². The number of rotatable bonds is 3. The lowest BCUT2D eigenvalue weighted by molar-refractivity contribution is 0.725. The van der Waals surface area contributed by atoms with Crippen LogP contribution < -0.4 is 5.73 Å². The number of nitrogens with one attached hydrogen (secondary N) is 1. The molecule has 0 aliphatic heterocycles. The van der Waals surface area contributed by atoms with E-state index in [0.717, 1.165) is 11.5 Å². The average molecular weight is 257 g/mol. The van der Waals surface area contributed by atoms with E-state index in [0.29, 0.717) is 6.54 Å². The number of benzene rings is 1. The van der Waals surface area contributed by atoms with E-state index in [2.05, 4.69) is 47.2 Å². The van der Waals surface area contributed by atoms with E-state index in [1.54, 1.807) is 11.3 Å². The van der Waals surface area contributed by atoms with Gasteiger partial charge in [-0.15, -0.1) is 11.3 Å². The van der Waals surface area contributed by atoms with Crippen LogP contribution in [0.5, 0.6) is 0 Å². The molecule has 0 saturated heterocycles. The molecular formula is C14H15N3S. The summed E-state index contributed by atoms with van der Waals surface area (Å²) < 4.78 is 1.30. The minimum Gasteiger partial charge on any atom is -0.341 e. The minimum absolute atomic E-state index is 0.271. The summed E-state index contributed by atoms with van der Waals surface area (Å²) >= 11 is 1.78. The van der Waals surface area contributed by atoms with E-state index in [1.807, 2.05) is 6.20 Å². The van der Waals surface area contributed by atoms with E-state index < -0.39 is 0 Å². The molecule has 1 unspecified atom stereocenters. The number of H-pyrrole nitrogens is 1. The van der Waals surface area contributed by atoms with E-state index in [9.17, 15) is 0 Å². The number of thiophene rings is 1. The van der Waals surface area contributed by atoms with Crippen LogP contribution in [0.3, 0.4) is 0 Å². The third kappa shape index (κ3) is 1.94. The van der Waals surface area contributed by atoms with Gasteiger partial charge in [0.25, 0.3) is 0 Å². The van der Waals surface area contributed by atoms with Crippen LogP contribution in [0.1, 0.15) is 18.7 Å². The largest absolute Gasteiger partial charge is 0.341 e. The molecule has 2 aromatic heterocycles. The third-order valence-corrected chi connectivity index (χ3v) is 4.26. The first-order valence-corrected chi connectivity index (χ1v) is 6.83. The second kappa shape index (κ2) is 4.55. The zero-order valence-electron chi connectivity index (χ0n) is 10.2. The van der Waals surface area contributed by atoms with Gasteiger partial charge in [-0.05, 0) is 17.5 Å². The fourth-order valence-corrected chi connectivity index (χ4v) is 2.97. The summed E-state index contributed by atoms with van der Waals surface area (Å²) in [7, 11) is 0. The van der Waals surface area contributed by atoms with Crippen LogP contribution in [0.15, 0.2) is 36.5 Å². The van der Waals surface area contributed by atoms with Gasteiger partial charge in [0, 0.05) is 17.2 Å². The van der Waals surface area contributed by atoms with Crippen LogP contribution >= 0.6 is 11.3 Å². The summed E-state index contributed by atoms with van der Waals surface area (Å²) in [5.74, 6) is 1.23. The van der Waals surface area contributed by atoms with Crippen molar-refractivity contribution in [3.63, 3.8) is 0 Å². The predicted octanol–water partition coefficient (Wildman–Crippen LogP) is 3.35. The molecular weight excluding hydrogens is 242 g/mol. The number of nitrogens with two attached hydrogens (primary N) is 1. The Morgan fingerprint density at radius 1 is 1.39 bits per heavy atom. The van der Waals surface area contributed by atoms with Gasteiger partial charge in [-0.3, -0.25) is 0 Å². The monoisotopic (exact) mass is 257 g/mol. The fourth-order valence-electron chi connectivity index (χ4n) is 1.94. The van der Waals surface area contributed by atoms with Crippen molar-refractivity contribution in [2.45, 2.75) is 12.8 Å². The van der Waals surface area contributed by atoms with E-state index in [1.165, 1.54) is 15.0 Å². The summed E-state index contributed by atoms with van der Waals surface area (Å²) in [6, 6.07) is 10.6. The summed E-state index contributed by atoms with van der Waals surface area (Å²) in [5, 5.41) is 1.28. The maximum atomic E-state index is 5.66. The average Bonchev–Trinajstić information content (AvgIpc) is 3.03. The first kappa shape index (κ1) is 11.4. The summed E-state index contributed by atoms with van der Waals surface area (Å²) in [5.41, 5.74) is 6.73. The Balaban J connectivity index is 2.01. The Hall–Kier alpha value is -1.65. The number of aromatic amines is 1. The molecule has 0 radical (unpaired) electrons. The van der Waals surface area contributed by atoms with Gasteiger partial charge in [0.05, 0.1) is 16.8 Å². The highest BCUT2D eigenvalue weighted by Crippen LogP contribution is 2.32. The highest BCUT2D eigenvalue weighted by molar-refractivity contribution is 7.22. The smallest absolute Gasteiger partial charge is 0.110 e. The normalized spacial score (nSPS) is 13.0. The van der Waals surface area contributed by atoms with Crippen molar-refractivity contribution < 1.29 is 0 Å². The van der Waals surface area contributed by atoms with Crippen molar-refractivity contribution in [1.82, 2.24) is 9.97 Å². The molecule has 1 aromatic carbocycles. The van der Waals surface area contributed by atoms with Crippen LogP contribution in [0.2, 0.25) is 0 Å². The van der Waals surface area contributed by atoms with Crippen LogP contribution in [-0.4, -0.2) is 16.5 Å². The first-order chi connectivity index (χ1) is 8.78. The lowest BCUT2D eigenvalue weighted by Crippen LogP contribution is -2.10. The van der Waals surface area contributed by atoms with E-state index >= 15 is 0 Å². The third-order valence-electron chi connectivity index (χ3n) is 3.11. The Kier molecular flexibility index (Phi) is 2.89. The summed E-state index contributed by atoms with van der Waals surface area (Å²) in [6.45, 7) is 2.69. The lowest BCUT2D eigenvalue weighted by Gasteiger charge is -2.02. The number of fused-ring (bicyclic) bond motifs is 1. The lowest BCUT2D eigenvalue weighted by atomic mass is 10.2. The quantitative estimate of drug-likeness (QED) is 0.756. The molecule has 1 atom stereocenters. The molecule has 0 aliphatic rings. The van der Waals surface area contributed by atoms with Crippen molar-refractivity contribution in [2.24, 2.45) is 5.73 Å². The van der Waals surface area contributed by atoms with Gasteiger partial charge in [0.1, 0.15) is 5.82 Å². The fraction of sp³-hybridized carbons (Fsp3) is 0.214. The maximum absolute atomic E-state index is 5.66. The number of hydrogen-bond donors (Lipinski definition) is 2. The molecule has 3 N–H and O–H groups in total. The van der Waals surface area contributed by atoms with Crippen molar-refractivity contribution in [3.8, 4) is 10.6 Å². The zero-order chi connectivity index (χ0) is 12.5. The van der Waals surface area contributed by atoms with Crippen molar-refractivity contribution in [1.29, 1.82) is 0 Å². The molecule has 4 heteroatoms. The second-order valence-corrected chi connectivity index (χ2v) is 5.55. The molecule has 0 amide bonds. The molecule has 3 rings (SSSR count). The van der Waals surface area contributed by atoms with Crippen LogP contribution in [0.25, 0.3) is 20.7 Å². The molecule has 0 saturated carbocycles. The number of aromatic nitrogens is 2. The molecule has 0 aliphatic carbocycles. The van der Waals surface area contributed by atoms with Crippen molar-refractivity contribution in [2.75, 3.05) is 6.54 Å². The van der Waals surface area contributed by atoms with Gasteiger partial charge in [-0.1, -0.05) is 25.1 Å². The van der Waals surface area contributed by atoms with Crippen LogP contribution in [0, 0.1) is 0 Å². The highest BCUT2D eigenvalue weighted by atomic mass is 32.1. The number of nitrogens with zero attached hydrogens (tertiary/aromatic N) is 1. The standard InChI is InChI=1S/C14H15N3S/c1-9(7-15)14-16-8-11(17-14)13-6-10-4-2-3-5-12(10)18-13/h2-6,8-9H,7,15H2,1H3,(H,16,17). The van der Waals surface area contributed by atoms with Gasteiger partial charge in [-0.25, -0.2) is 4.98 Å². The second-order valence-electron chi connectivity index (χ2n) is 4.47. The van der Waals surface area contributed by atoms with Crippen LogP contribution in [0.4, 0.5) is 0 Å². The topological polar surface area (TPSA) is 54.7 Å². The number of imidazole rings is 1. The molecule has 92 valence electrons. The first-order valence-electron chi connectivity index (χ1n) is 6.02. The molecule has 18 heavy (non-hydrogen) atoms. The van der Waals surface area contributed by atoms with E-state index in [4.69, 9.17) is 5.73 Å². The summed E-state index contributed by atoms with van der Waals surface area (Å²) in [4.78, 5) is 8.99. The van der Waals surface area contributed by atoms with Crippen molar-refractivity contribution >= 4 is 21.4 Å². The number of hydrogen-bond acceptors (Lipinski definition) is 3. The molecule has 0 spiro atoms. The zero-order valence-corrected chi connectivity index (χ0v) is 11.0. The Bertz CT molecular complexity index is 635. The molecule has 3 aromatic rings. The summed E-state index contributed by atoms with van der Waals surface area (Å²) in [6.07, 6.45) is 1.90. The molecule has 0 fully saturated rings. The van der Waals surface area contributed by atoms with Crippen molar-refractivity contribution in [3.05, 3.63) is 42.4 Å². The maximum Gasteiger partial charge on any atom is 0.110 e.